The number of hydrogen-bond acceptors (Lipinski definition) is 5. The van der Waals surface area contributed by atoms with Gasteiger partial charge >= 0.3 is 0 Å². The zero-order chi connectivity index (χ0) is 14.5. The minimum atomic E-state index is -0.0489. The topological polar surface area (TPSA) is 68.0 Å². The highest BCUT2D eigenvalue weighted by Gasteiger charge is 2.11. The van der Waals surface area contributed by atoms with E-state index in [1.54, 1.807) is 0 Å². The number of nitrogens with zero attached hydrogens (tertiary/aromatic N) is 2. The first-order valence-corrected chi connectivity index (χ1v) is 7.84. The van der Waals surface area contributed by atoms with Crippen LogP contribution < -0.4 is 5.32 Å². The Balaban J connectivity index is 1.97. The van der Waals surface area contributed by atoms with Crippen molar-refractivity contribution >= 4 is 33.6 Å². The van der Waals surface area contributed by atoms with E-state index in [-0.39, 0.29) is 17.7 Å². The third-order valence-electron chi connectivity index (χ3n) is 2.25. The number of benzene rings is 1. The monoisotopic (exact) mass is 355 g/mol. The summed E-state index contributed by atoms with van der Waals surface area (Å²) in [5.74, 6) is 0.656. The van der Waals surface area contributed by atoms with Gasteiger partial charge in [-0.1, -0.05) is 33.8 Å². The molecule has 0 spiro atoms. The number of halogens is 1. The van der Waals surface area contributed by atoms with E-state index in [0.29, 0.717) is 11.1 Å². The second-order valence-corrected chi connectivity index (χ2v) is 6.24. The van der Waals surface area contributed by atoms with Crippen LogP contribution in [0.1, 0.15) is 13.8 Å². The molecular weight excluding hydrogens is 342 g/mol. The molecule has 5 nitrogen and oxygen atoms in total. The van der Waals surface area contributed by atoms with Crippen molar-refractivity contribution in [3.8, 4) is 11.5 Å². The maximum atomic E-state index is 11.5. The number of nitrogens with one attached hydrogen (secondary N) is 1. The van der Waals surface area contributed by atoms with Crippen molar-refractivity contribution in [3.63, 3.8) is 0 Å². The van der Waals surface area contributed by atoms with E-state index in [1.807, 2.05) is 38.1 Å². The summed E-state index contributed by atoms with van der Waals surface area (Å²) < 4.78 is 6.46. The fraction of sp³-hybridized carbons (Fsp3) is 0.308. The number of hydrogen-bond donors (Lipinski definition) is 1. The maximum absolute atomic E-state index is 11.5. The second-order valence-electron chi connectivity index (χ2n) is 4.39. The molecule has 0 unspecified atom stereocenters. The van der Waals surface area contributed by atoms with E-state index in [1.165, 1.54) is 11.8 Å². The molecule has 1 N–H and O–H groups in total. The fourth-order valence-corrected chi connectivity index (χ4v) is 2.47. The highest BCUT2D eigenvalue weighted by Crippen LogP contribution is 2.25. The summed E-state index contributed by atoms with van der Waals surface area (Å²) in [5.41, 5.74) is 0.838. The molecule has 1 aromatic carbocycles. The number of carbonyl (C=O) groups excluding carboxylic acids is 1. The molecule has 0 saturated carbocycles. The van der Waals surface area contributed by atoms with Gasteiger partial charge in [-0.2, -0.15) is 0 Å². The van der Waals surface area contributed by atoms with Gasteiger partial charge in [0.2, 0.25) is 11.8 Å². The third kappa shape index (κ3) is 4.35. The standard InChI is InChI=1S/C13H14BrN3O2S/c1-8(2)15-11(18)7-20-13-17-16-12(19-13)9-4-3-5-10(14)6-9/h3-6,8H,7H2,1-2H3,(H,15,18). The van der Waals surface area contributed by atoms with Crippen LogP contribution in [0.4, 0.5) is 0 Å². The molecule has 0 aliphatic heterocycles. The molecule has 1 heterocycles. The molecule has 1 amide bonds. The Morgan fingerprint density at radius 3 is 2.95 bits per heavy atom. The maximum Gasteiger partial charge on any atom is 0.277 e. The first kappa shape index (κ1) is 15.1. The number of thioether (sulfide) groups is 1. The number of aromatic nitrogens is 2. The van der Waals surface area contributed by atoms with Gasteiger partial charge in [-0.3, -0.25) is 4.79 Å². The fourth-order valence-electron chi connectivity index (χ4n) is 1.50. The van der Waals surface area contributed by atoms with E-state index < -0.39 is 0 Å². The lowest BCUT2D eigenvalue weighted by Crippen LogP contribution is -2.31. The van der Waals surface area contributed by atoms with Crippen LogP contribution in [0.5, 0.6) is 0 Å². The van der Waals surface area contributed by atoms with Gasteiger partial charge in [-0.15, -0.1) is 10.2 Å². The summed E-state index contributed by atoms with van der Waals surface area (Å²) in [5, 5.41) is 11.1. The predicted molar refractivity (Wildman–Crippen MR) is 81.4 cm³/mol. The lowest BCUT2D eigenvalue weighted by atomic mass is 10.2. The van der Waals surface area contributed by atoms with Crippen LogP contribution in [-0.2, 0) is 4.79 Å². The van der Waals surface area contributed by atoms with Crippen LogP contribution in [-0.4, -0.2) is 27.9 Å². The summed E-state index contributed by atoms with van der Waals surface area (Å²) >= 11 is 4.62. The van der Waals surface area contributed by atoms with Crippen LogP contribution in [0.15, 0.2) is 38.4 Å². The molecule has 0 fully saturated rings. The molecule has 7 heteroatoms. The van der Waals surface area contributed by atoms with Crippen molar-refractivity contribution in [2.45, 2.75) is 25.1 Å². The van der Waals surface area contributed by atoms with Crippen molar-refractivity contribution in [1.29, 1.82) is 0 Å². The van der Waals surface area contributed by atoms with Crippen molar-refractivity contribution in [3.05, 3.63) is 28.7 Å². The Morgan fingerprint density at radius 2 is 2.25 bits per heavy atom. The molecule has 2 rings (SSSR count). The molecule has 0 aliphatic carbocycles. The lowest BCUT2D eigenvalue weighted by Gasteiger charge is -2.06. The van der Waals surface area contributed by atoms with E-state index in [0.717, 1.165) is 10.0 Å². The van der Waals surface area contributed by atoms with Gasteiger partial charge < -0.3 is 9.73 Å². The average Bonchev–Trinajstić information content (AvgIpc) is 2.84. The van der Waals surface area contributed by atoms with Crippen molar-refractivity contribution < 1.29 is 9.21 Å². The summed E-state index contributed by atoms with van der Waals surface area (Å²) in [4.78, 5) is 11.5. The first-order chi connectivity index (χ1) is 9.54. The van der Waals surface area contributed by atoms with Crippen LogP contribution in [0, 0.1) is 0 Å². The second kappa shape index (κ2) is 6.90. The van der Waals surface area contributed by atoms with Crippen molar-refractivity contribution in [1.82, 2.24) is 15.5 Å². The quantitative estimate of drug-likeness (QED) is 0.834. The Labute approximate surface area is 129 Å². The first-order valence-electron chi connectivity index (χ1n) is 6.06. The molecule has 0 saturated heterocycles. The van der Waals surface area contributed by atoms with E-state index in [9.17, 15) is 4.79 Å². The number of rotatable bonds is 5. The molecule has 1 aromatic heterocycles. The Hall–Kier alpha value is -1.34. The third-order valence-corrected chi connectivity index (χ3v) is 3.57. The highest BCUT2D eigenvalue weighted by atomic mass is 79.9. The van der Waals surface area contributed by atoms with Crippen LogP contribution in [0.25, 0.3) is 11.5 Å². The minimum Gasteiger partial charge on any atom is -0.411 e. The predicted octanol–water partition coefficient (Wildman–Crippen LogP) is 3.12. The average molecular weight is 356 g/mol. The van der Waals surface area contributed by atoms with Gasteiger partial charge in [-0.25, -0.2) is 0 Å². The molecule has 0 bridgehead atoms. The van der Waals surface area contributed by atoms with Crippen LogP contribution in [0.2, 0.25) is 0 Å². The summed E-state index contributed by atoms with van der Waals surface area (Å²) in [6.07, 6.45) is 0. The Kier molecular flexibility index (Phi) is 5.19. The van der Waals surface area contributed by atoms with Crippen molar-refractivity contribution in [2.24, 2.45) is 0 Å². The molecule has 0 radical (unpaired) electrons. The largest absolute Gasteiger partial charge is 0.411 e. The number of amides is 1. The smallest absolute Gasteiger partial charge is 0.277 e. The van der Waals surface area contributed by atoms with E-state index in [4.69, 9.17) is 4.42 Å². The van der Waals surface area contributed by atoms with Crippen LogP contribution in [0.3, 0.4) is 0 Å². The molecule has 106 valence electrons. The van der Waals surface area contributed by atoms with E-state index in [2.05, 4.69) is 31.4 Å². The summed E-state index contributed by atoms with van der Waals surface area (Å²) in [6.45, 7) is 3.83. The number of carbonyl (C=O) groups is 1. The summed E-state index contributed by atoms with van der Waals surface area (Å²) in [6, 6.07) is 7.73. The molecule has 0 aliphatic rings. The SMILES string of the molecule is CC(C)NC(=O)CSc1nnc(-c2cccc(Br)c2)o1. The van der Waals surface area contributed by atoms with Gasteiger partial charge in [0.05, 0.1) is 5.75 Å². The molecular formula is C13H14BrN3O2S. The van der Waals surface area contributed by atoms with E-state index >= 15 is 0 Å². The van der Waals surface area contributed by atoms with Gasteiger partial charge in [0, 0.05) is 16.1 Å². The van der Waals surface area contributed by atoms with Gasteiger partial charge in [-0.05, 0) is 32.0 Å². The minimum absolute atomic E-state index is 0.0489. The van der Waals surface area contributed by atoms with Gasteiger partial charge in [0.15, 0.2) is 0 Å². The molecule has 20 heavy (non-hydrogen) atoms. The van der Waals surface area contributed by atoms with Crippen molar-refractivity contribution in [2.75, 3.05) is 5.75 Å². The van der Waals surface area contributed by atoms with Gasteiger partial charge in [0.25, 0.3) is 5.22 Å². The molecule has 0 atom stereocenters. The lowest BCUT2D eigenvalue weighted by molar-refractivity contribution is -0.119. The van der Waals surface area contributed by atoms with Gasteiger partial charge in [0.1, 0.15) is 0 Å². The molecule has 2 aromatic rings. The zero-order valence-corrected chi connectivity index (χ0v) is 13.5. The highest BCUT2D eigenvalue weighted by molar-refractivity contribution is 9.10. The Morgan fingerprint density at radius 1 is 1.45 bits per heavy atom. The Bertz CT molecular complexity index is 601. The zero-order valence-electron chi connectivity index (χ0n) is 11.1. The normalized spacial score (nSPS) is 10.8. The summed E-state index contributed by atoms with van der Waals surface area (Å²) in [7, 11) is 0. The van der Waals surface area contributed by atoms with Crippen LogP contribution >= 0.6 is 27.7 Å².